The summed E-state index contributed by atoms with van der Waals surface area (Å²) in [7, 11) is 0. The van der Waals surface area contributed by atoms with Crippen LogP contribution in [-0.4, -0.2) is 18.6 Å². The molecule has 1 atom stereocenters. The summed E-state index contributed by atoms with van der Waals surface area (Å²) in [6.07, 6.45) is 0.170. The molecule has 0 aliphatic rings. The molecule has 0 aliphatic heterocycles. The van der Waals surface area contributed by atoms with Gasteiger partial charge in [0.25, 0.3) is 0 Å². The van der Waals surface area contributed by atoms with Crippen LogP contribution in [0.25, 0.3) is 0 Å². The molecule has 0 spiro atoms. The van der Waals surface area contributed by atoms with Gasteiger partial charge in [0.1, 0.15) is 6.61 Å². The fourth-order valence-corrected chi connectivity index (χ4v) is 1.09. The molecule has 0 radical (unpaired) electrons. The first-order valence-electron chi connectivity index (χ1n) is 4.87. The number of hydrogen-bond acceptors (Lipinski definition) is 4. The molecule has 0 bridgehead atoms. The smallest absolute Gasteiger partial charge is 0.307 e. The largest absolute Gasteiger partial charge is 0.461 e. The summed E-state index contributed by atoms with van der Waals surface area (Å²) in [5.74, 6) is -0.309. The molecule has 0 aliphatic carbocycles. The second-order valence-corrected chi connectivity index (χ2v) is 3.35. The molecule has 4 nitrogen and oxygen atoms in total. The lowest BCUT2D eigenvalue weighted by Gasteiger charge is -2.08. The molecule has 0 saturated carbocycles. The lowest BCUT2D eigenvalue weighted by molar-refractivity contribution is -0.145. The number of esters is 1. The molecule has 0 saturated heterocycles. The summed E-state index contributed by atoms with van der Waals surface area (Å²) in [5, 5.41) is 0. The maximum atomic E-state index is 11.2. The van der Waals surface area contributed by atoms with E-state index in [1.807, 2.05) is 30.3 Å². The van der Waals surface area contributed by atoms with Crippen LogP contribution in [0.1, 0.15) is 12.0 Å². The van der Waals surface area contributed by atoms with Crippen LogP contribution in [0, 0.1) is 0 Å². The van der Waals surface area contributed by atoms with E-state index in [0.29, 0.717) is 6.54 Å². The monoisotopic (exact) mass is 208 g/mol. The van der Waals surface area contributed by atoms with Gasteiger partial charge in [-0.2, -0.15) is 0 Å². The van der Waals surface area contributed by atoms with Crippen molar-refractivity contribution in [2.75, 3.05) is 6.54 Å². The molecule has 82 valence electrons. The number of hydrogen-bond donors (Lipinski definition) is 2. The zero-order valence-electron chi connectivity index (χ0n) is 8.56. The Morgan fingerprint density at radius 1 is 1.33 bits per heavy atom. The van der Waals surface area contributed by atoms with Crippen LogP contribution in [-0.2, 0) is 16.1 Å². The molecule has 1 aromatic carbocycles. The van der Waals surface area contributed by atoms with E-state index in [1.165, 1.54) is 0 Å². The molecule has 0 heterocycles. The van der Waals surface area contributed by atoms with E-state index >= 15 is 0 Å². The van der Waals surface area contributed by atoms with Gasteiger partial charge in [-0.25, -0.2) is 0 Å². The summed E-state index contributed by atoms with van der Waals surface area (Å²) in [6, 6.07) is 9.19. The quantitative estimate of drug-likeness (QED) is 0.687. The predicted molar refractivity (Wildman–Crippen MR) is 57.9 cm³/mol. The van der Waals surface area contributed by atoms with Crippen LogP contribution in [0.3, 0.4) is 0 Å². The van der Waals surface area contributed by atoms with Crippen LogP contribution >= 0.6 is 0 Å². The van der Waals surface area contributed by atoms with Crippen molar-refractivity contribution >= 4 is 5.97 Å². The van der Waals surface area contributed by atoms with Crippen molar-refractivity contribution in [2.45, 2.75) is 19.1 Å². The van der Waals surface area contributed by atoms with Crippen molar-refractivity contribution in [2.24, 2.45) is 11.5 Å². The average molecular weight is 208 g/mol. The lowest BCUT2D eigenvalue weighted by atomic mass is 10.2. The van der Waals surface area contributed by atoms with E-state index in [9.17, 15) is 4.79 Å². The zero-order chi connectivity index (χ0) is 11.1. The first-order valence-corrected chi connectivity index (χ1v) is 4.87. The van der Waals surface area contributed by atoms with Gasteiger partial charge >= 0.3 is 5.97 Å². The van der Waals surface area contributed by atoms with Crippen molar-refractivity contribution in [3.63, 3.8) is 0 Å². The minimum absolute atomic E-state index is 0.170. The van der Waals surface area contributed by atoms with Gasteiger partial charge in [0, 0.05) is 12.6 Å². The molecule has 15 heavy (non-hydrogen) atoms. The normalized spacial score (nSPS) is 12.1. The Balaban J connectivity index is 2.29. The number of benzene rings is 1. The maximum Gasteiger partial charge on any atom is 0.307 e. The molecule has 1 unspecified atom stereocenters. The third kappa shape index (κ3) is 4.58. The van der Waals surface area contributed by atoms with Crippen LogP contribution in [0.2, 0.25) is 0 Å². The first kappa shape index (κ1) is 11.7. The van der Waals surface area contributed by atoms with Crippen LogP contribution < -0.4 is 11.5 Å². The molecule has 1 rings (SSSR count). The number of rotatable bonds is 5. The minimum atomic E-state index is -0.312. The Morgan fingerprint density at radius 3 is 2.60 bits per heavy atom. The third-order valence-electron chi connectivity index (χ3n) is 1.97. The van der Waals surface area contributed by atoms with Crippen molar-refractivity contribution in [1.29, 1.82) is 0 Å². The Bertz CT molecular complexity index is 301. The number of carbonyl (C=O) groups excluding carboxylic acids is 1. The molecule has 4 N–H and O–H groups in total. The first-order chi connectivity index (χ1) is 7.22. The van der Waals surface area contributed by atoms with Crippen LogP contribution in [0.4, 0.5) is 0 Å². The second-order valence-electron chi connectivity index (χ2n) is 3.35. The molecule has 1 aromatic rings. The van der Waals surface area contributed by atoms with Crippen LogP contribution in [0.5, 0.6) is 0 Å². The van der Waals surface area contributed by atoms with E-state index in [4.69, 9.17) is 16.2 Å². The molecule has 4 heteroatoms. The molecule has 0 amide bonds. The van der Waals surface area contributed by atoms with Gasteiger partial charge in [-0.1, -0.05) is 30.3 Å². The highest BCUT2D eigenvalue weighted by Crippen LogP contribution is 2.02. The highest BCUT2D eigenvalue weighted by Gasteiger charge is 2.08. The maximum absolute atomic E-state index is 11.2. The van der Waals surface area contributed by atoms with Gasteiger partial charge in [-0.15, -0.1) is 0 Å². The third-order valence-corrected chi connectivity index (χ3v) is 1.97. The molecular weight excluding hydrogens is 192 g/mol. The number of ether oxygens (including phenoxy) is 1. The Labute approximate surface area is 89.2 Å². The van der Waals surface area contributed by atoms with Gasteiger partial charge in [-0.05, 0) is 5.56 Å². The molecular formula is C11H16N2O2. The summed E-state index contributed by atoms with van der Waals surface area (Å²) < 4.78 is 5.03. The average Bonchev–Trinajstić information content (AvgIpc) is 2.27. The highest BCUT2D eigenvalue weighted by molar-refractivity contribution is 5.70. The summed E-state index contributed by atoms with van der Waals surface area (Å²) in [4.78, 5) is 11.2. The van der Waals surface area contributed by atoms with E-state index < -0.39 is 0 Å². The number of nitrogens with two attached hydrogens (primary N) is 2. The zero-order valence-corrected chi connectivity index (χ0v) is 8.56. The van der Waals surface area contributed by atoms with E-state index in [-0.39, 0.29) is 25.0 Å². The van der Waals surface area contributed by atoms with Gasteiger partial charge in [-0.3, -0.25) is 4.79 Å². The van der Waals surface area contributed by atoms with Crippen molar-refractivity contribution in [1.82, 2.24) is 0 Å². The summed E-state index contributed by atoms with van der Waals surface area (Å²) in [6.45, 7) is 0.581. The van der Waals surface area contributed by atoms with E-state index in [0.717, 1.165) is 5.56 Å². The summed E-state index contributed by atoms with van der Waals surface area (Å²) >= 11 is 0. The standard InChI is InChI=1S/C11H16N2O2/c12-7-10(13)6-11(14)15-8-9-4-2-1-3-5-9/h1-5,10H,6-8,12-13H2. The fourth-order valence-electron chi connectivity index (χ4n) is 1.09. The van der Waals surface area contributed by atoms with Crippen molar-refractivity contribution in [3.05, 3.63) is 35.9 Å². The number of carbonyl (C=O) groups is 1. The van der Waals surface area contributed by atoms with Gasteiger partial charge in [0.15, 0.2) is 0 Å². The van der Waals surface area contributed by atoms with Crippen molar-refractivity contribution < 1.29 is 9.53 Å². The Morgan fingerprint density at radius 2 is 2.00 bits per heavy atom. The lowest BCUT2D eigenvalue weighted by Crippen LogP contribution is -2.32. The molecule has 0 fully saturated rings. The highest BCUT2D eigenvalue weighted by atomic mass is 16.5. The van der Waals surface area contributed by atoms with E-state index in [1.54, 1.807) is 0 Å². The Hall–Kier alpha value is -1.39. The van der Waals surface area contributed by atoms with Crippen LogP contribution in [0.15, 0.2) is 30.3 Å². The summed E-state index contributed by atoms with van der Waals surface area (Å²) in [5.41, 5.74) is 11.8. The Kier molecular flexibility index (Phi) is 4.80. The van der Waals surface area contributed by atoms with Gasteiger partial charge in [0.05, 0.1) is 6.42 Å². The van der Waals surface area contributed by atoms with E-state index in [2.05, 4.69) is 0 Å². The topological polar surface area (TPSA) is 78.3 Å². The van der Waals surface area contributed by atoms with Gasteiger partial charge < -0.3 is 16.2 Å². The second kappa shape index (κ2) is 6.16. The minimum Gasteiger partial charge on any atom is -0.461 e. The predicted octanol–water partition coefficient (Wildman–Crippen LogP) is 0.406. The molecule has 0 aromatic heterocycles. The van der Waals surface area contributed by atoms with Gasteiger partial charge in [0.2, 0.25) is 0 Å². The SMILES string of the molecule is NCC(N)CC(=O)OCc1ccccc1. The fraction of sp³-hybridized carbons (Fsp3) is 0.364. The van der Waals surface area contributed by atoms with Crippen molar-refractivity contribution in [3.8, 4) is 0 Å².